The molecule has 0 aliphatic rings. The quantitative estimate of drug-likeness (QED) is 0.0659. The van der Waals surface area contributed by atoms with E-state index in [0.29, 0.717) is 0 Å². The van der Waals surface area contributed by atoms with Crippen LogP contribution in [-0.4, -0.2) is 18.5 Å². The fourth-order valence-corrected chi connectivity index (χ4v) is 9.70. The van der Waals surface area contributed by atoms with Crippen molar-refractivity contribution in [2.45, 2.75) is 194 Å². The lowest BCUT2D eigenvalue weighted by atomic mass is 10.1. The van der Waals surface area contributed by atoms with Crippen LogP contribution in [0.25, 0.3) is 0 Å². The van der Waals surface area contributed by atoms with Crippen LogP contribution in [0, 0.1) is 0 Å². The van der Waals surface area contributed by atoms with Crippen LogP contribution in [0.4, 0.5) is 0 Å². The highest BCUT2D eigenvalue weighted by Gasteiger charge is 2.16. The van der Waals surface area contributed by atoms with Crippen molar-refractivity contribution in [2.24, 2.45) is 0 Å². The molecule has 0 aromatic carbocycles. The molecular weight excluding hydrogens is 459 g/mol. The molecule has 0 atom stereocenters. The number of hydrogen-bond donors (Lipinski definition) is 0. The van der Waals surface area contributed by atoms with Crippen LogP contribution in [0.1, 0.15) is 194 Å². The van der Waals surface area contributed by atoms with E-state index < -0.39 is 6.04 Å². The van der Waals surface area contributed by atoms with Crippen molar-refractivity contribution in [3.8, 4) is 0 Å². The lowest BCUT2D eigenvalue weighted by molar-refractivity contribution is 0.569. The number of rotatable bonds is 30. The summed E-state index contributed by atoms with van der Waals surface area (Å²) in [6.45, 7) is 6.94. The largest absolute Gasteiger partial charge is 0.0975 e. The van der Waals surface area contributed by atoms with Crippen molar-refractivity contribution >= 4 is 17.8 Å². The third kappa shape index (κ3) is 27.5. The minimum Gasteiger partial charge on any atom is -0.0975 e. The van der Waals surface area contributed by atoms with Gasteiger partial charge in [-0.3, -0.25) is 0 Å². The van der Waals surface area contributed by atoms with Gasteiger partial charge in [-0.25, -0.2) is 0 Å². The van der Waals surface area contributed by atoms with Crippen LogP contribution < -0.4 is 0 Å². The Hall–Kier alpha value is 0.650. The zero-order valence-electron chi connectivity index (χ0n) is 25.1. The first-order chi connectivity index (χ1) is 17.2. The molecular formula is C33H69PS. The maximum Gasteiger partial charge on any atom is -0.0235 e. The highest BCUT2D eigenvalue weighted by atomic mass is 32.4. The molecule has 0 heterocycles. The van der Waals surface area contributed by atoms with Crippen molar-refractivity contribution < 1.29 is 0 Å². The molecule has 0 saturated carbocycles. The van der Waals surface area contributed by atoms with E-state index in [1.54, 1.807) is 0 Å². The topological polar surface area (TPSA) is 0 Å². The zero-order valence-corrected chi connectivity index (χ0v) is 26.8. The minimum atomic E-state index is -1.10. The van der Waals surface area contributed by atoms with Gasteiger partial charge in [0.1, 0.15) is 0 Å². The van der Waals surface area contributed by atoms with Crippen molar-refractivity contribution in [1.82, 2.24) is 0 Å². The maximum atomic E-state index is 6.46. The van der Waals surface area contributed by atoms with Crippen molar-refractivity contribution in [3.63, 3.8) is 0 Å². The SMILES string of the molecule is CCCCCCCCCCCP(=S)(CCCCCCCCCCC)CCCCCCCCCCC. The van der Waals surface area contributed by atoms with Crippen molar-refractivity contribution in [1.29, 1.82) is 0 Å². The standard InChI is InChI=1S/C33H69PS/c1-4-7-10-13-16-19-22-25-28-31-34(35,32-29-26-23-20-17-14-11-8-5-2)33-30-27-24-21-18-15-12-9-6-3/h4-33H2,1-3H3. The van der Waals surface area contributed by atoms with Crippen LogP contribution in [0.5, 0.6) is 0 Å². The third-order valence-electron chi connectivity index (χ3n) is 8.01. The Kier molecular flexibility index (Phi) is 29.8. The van der Waals surface area contributed by atoms with E-state index in [4.69, 9.17) is 11.8 Å². The Morgan fingerprint density at radius 3 is 0.657 bits per heavy atom. The summed E-state index contributed by atoms with van der Waals surface area (Å²) in [6.07, 6.45) is 43.2. The van der Waals surface area contributed by atoms with Gasteiger partial charge < -0.3 is 0 Å². The summed E-state index contributed by atoms with van der Waals surface area (Å²) < 4.78 is 0. The molecule has 0 aliphatic heterocycles. The Balaban J connectivity index is 4.06. The van der Waals surface area contributed by atoms with Gasteiger partial charge in [-0.15, -0.1) is 0 Å². The Morgan fingerprint density at radius 1 is 0.286 bits per heavy atom. The maximum absolute atomic E-state index is 6.46. The molecule has 212 valence electrons. The van der Waals surface area contributed by atoms with Crippen molar-refractivity contribution in [2.75, 3.05) is 18.5 Å². The average molecular weight is 529 g/mol. The van der Waals surface area contributed by atoms with E-state index in [2.05, 4.69) is 20.8 Å². The average Bonchev–Trinajstić information content (AvgIpc) is 2.86. The molecule has 0 bridgehead atoms. The van der Waals surface area contributed by atoms with Gasteiger partial charge >= 0.3 is 0 Å². The molecule has 0 amide bonds. The predicted octanol–water partition coefficient (Wildman–Crippen LogP) is 13.1. The van der Waals surface area contributed by atoms with E-state index in [9.17, 15) is 0 Å². The van der Waals surface area contributed by atoms with E-state index in [1.165, 1.54) is 192 Å². The molecule has 0 aliphatic carbocycles. The van der Waals surface area contributed by atoms with Gasteiger partial charge in [0.15, 0.2) is 0 Å². The fourth-order valence-electron chi connectivity index (χ4n) is 5.47. The Labute approximate surface area is 230 Å². The zero-order chi connectivity index (χ0) is 25.7. The van der Waals surface area contributed by atoms with E-state index in [1.807, 2.05) is 0 Å². The second-order valence-corrected chi connectivity index (χ2v) is 17.5. The molecule has 0 saturated heterocycles. The molecule has 2 heteroatoms. The normalized spacial score (nSPS) is 12.0. The molecule has 0 nitrogen and oxygen atoms in total. The molecule has 0 N–H and O–H groups in total. The molecule has 0 aromatic heterocycles. The van der Waals surface area contributed by atoms with Gasteiger partial charge in [0.05, 0.1) is 0 Å². The third-order valence-corrected chi connectivity index (χ3v) is 13.0. The molecule has 0 spiro atoms. The van der Waals surface area contributed by atoms with Gasteiger partial charge in [0.25, 0.3) is 0 Å². The van der Waals surface area contributed by atoms with Crippen LogP contribution in [-0.2, 0) is 11.8 Å². The summed E-state index contributed by atoms with van der Waals surface area (Å²) in [6, 6.07) is -1.10. The van der Waals surface area contributed by atoms with Gasteiger partial charge in [0, 0.05) is 0 Å². The molecule has 35 heavy (non-hydrogen) atoms. The predicted molar refractivity (Wildman–Crippen MR) is 171 cm³/mol. The van der Waals surface area contributed by atoms with Gasteiger partial charge in [-0.05, 0) is 43.8 Å². The van der Waals surface area contributed by atoms with Crippen LogP contribution in [0.15, 0.2) is 0 Å². The molecule has 0 aromatic rings. The summed E-state index contributed by atoms with van der Waals surface area (Å²) in [5, 5.41) is 0. The Morgan fingerprint density at radius 2 is 0.457 bits per heavy atom. The van der Waals surface area contributed by atoms with Gasteiger partial charge in [-0.2, -0.15) is 0 Å². The number of unbranched alkanes of at least 4 members (excludes halogenated alkanes) is 24. The van der Waals surface area contributed by atoms with E-state index in [0.717, 1.165) is 0 Å². The van der Waals surface area contributed by atoms with E-state index >= 15 is 0 Å². The summed E-state index contributed by atoms with van der Waals surface area (Å²) in [5.74, 6) is 0. The summed E-state index contributed by atoms with van der Waals surface area (Å²) in [4.78, 5) is 0. The summed E-state index contributed by atoms with van der Waals surface area (Å²) in [7, 11) is 0. The van der Waals surface area contributed by atoms with E-state index in [-0.39, 0.29) is 0 Å². The first kappa shape index (κ1) is 35.6. The van der Waals surface area contributed by atoms with Crippen LogP contribution in [0.2, 0.25) is 0 Å². The summed E-state index contributed by atoms with van der Waals surface area (Å²) >= 11 is 6.46. The minimum absolute atomic E-state index is 1.10. The van der Waals surface area contributed by atoms with Crippen LogP contribution in [0.3, 0.4) is 0 Å². The first-order valence-electron chi connectivity index (χ1n) is 16.8. The molecule has 0 fully saturated rings. The van der Waals surface area contributed by atoms with Crippen LogP contribution >= 0.6 is 6.04 Å². The second-order valence-electron chi connectivity index (χ2n) is 11.7. The second kappa shape index (κ2) is 29.2. The fraction of sp³-hybridized carbons (Fsp3) is 1.00. The monoisotopic (exact) mass is 528 g/mol. The molecule has 0 unspecified atom stereocenters. The molecule has 0 radical (unpaired) electrons. The first-order valence-corrected chi connectivity index (χ1v) is 20.1. The molecule has 0 rings (SSSR count). The summed E-state index contributed by atoms with van der Waals surface area (Å²) in [5.41, 5.74) is 0. The number of hydrogen-bond acceptors (Lipinski definition) is 1. The van der Waals surface area contributed by atoms with Crippen molar-refractivity contribution in [3.05, 3.63) is 0 Å². The lowest BCUT2D eigenvalue weighted by Gasteiger charge is -2.22. The lowest BCUT2D eigenvalue weighted by Crippen LogP contribution is -2.01. The Bertz CT molecular complexity index is 371. The highest BCUT2D eigenvalue weighted by Crippen LogP contribution is 2.49. The highest BCUT2D eigenvalue weighted by molar-refractivity contribution is 8.14. The van der Waals surface area contributed by atoms with Gasteiger partial charge in [0.2, 0.25) is 0 Å². The van der Waals surface area contributed by atoms with Gasteiger partial charge in [-0.1, -0.05) is 187 Å². The smallest absolute Gasteiger partial charge is 0.0235 e.